The molecule has 1 aromatic rings. The molecule has 2 heteroatoms. The van der Waals surface area contributed by atoms with Crippen LogP contribution in [-0.2, 0) is 0 Å². The average molecular weight is 247 g/mol. The lowest BCUT2D eigenvalue weighted by molar-refractivity contribution is 0.564. The van der Waals surface area contributed by atoms with Crippen LogP contribution in [-0.4, -0.2) is 7.05 Å². The van der Waals surface area contributed by atoms with E-state index in [4.69, 9.17) is 0 Å². The number of benzene rings is 1. The lowest BCUT2D eigenvalue weighted by Crippen LogP contribution is -2.17. The molecule has 1 aromatic carbocycles. The van der Waals surface area contributed by atoms with Crippen molar-refractivity contribution in [1.29, 1.82) is 0 Å². The van der Waals surface area contributed by atoms with Gasteiger partial charge in [0.25, 0.3) is 0 Å². The van der Waals surface area contributed by atoms with Gasteiger partial charge in [-0.2, -0.15) is 0 Å². The molecule has 18 heavy (non-hydrogen) atoms. The predicted octanol–water partition coefficient (Wildman–Crippen LogP) is 3.83. The normalized spacial score (nSPS) is 12.8. The Balaban J connectivity index is 2.89. The summed E-state index contributed by atoms with van der Waals surface area (Å²) in [6, 6.07) is 4.98. The van der Waals surface area contributed by atoms with E-state index in [1.165, 1.54) is 6.07 Å². The molecular weight excluding hydrogens is 225 g/mol. The lowest BCUT2D eigenvalue weighted by atomic mass is 9.95. The van der Waals surface area contributed by atoms with Crippen molar-refractivity contribution in [2.45, 2.75) is 40.2 Å². The van der Waals surface area contributed by atoms with E-state index >= 15 is 0 Å². The van der Waals surface area contributed by atoms with Gasteiger partial charge >= 0.3 is 0 Å². The van der Waals surface area contributed by atoms with Crippen LogP contribution in [0.3, 0.4) is 0 Å². The number of nitrogens with one attached hydrogen (secondary N) is 1. The molecule has 1 unspecified atom stereocenters. The zero-order chi connectivity index (χ0) is 13.8. The van der Waals surface area contributed by atoms with E-state index in [9.17, 15) is 4.39 Å². The predicted molar refractivity (Wildman–Crippen MR) is 74.8 cm³/mol. The quantitative estimate of drug-likeness (QED) is 0.800. The molecule has 0 amide bonds. The Morgan fingerprint density at radius 1 is 1.33 bits per heavy atom. The van der Waals surface area contributed by atoms with Crippen LogP contribution in [0.2, 0.25) is 0 Å². The Hall–Kier alpha value is -1.33. The van der Waals surface area contributed by atoms with E-state index in [0.29, 0.717) is 6.42 Å². The van der Waals surface area contributed by atoms with Gasteiger partial charge in [-0.25, -0.2) is 4.39 Å². The van der Waals surface area contributed by atoms with Crippen molar-refractivity contribution in [3.05, 3.63) is 35.1 Å². The lowest BCUT2D eigenvalue weighted by Gasteiger charge is -2.17. The van der Waals surface area contributed by atoms with Crippen molar-refractivity contribution in [3.63, 3.8) is 0 Å². The first-order valence-electron chi connectivity index (χ1n) is 6.27. The van der Waals surface area contributed by atoms with Gasteiger partial charge in [-0.05, 0) is 58.0 Å². The van der Waals surface area contributed by atoms with Gasteiger partial charge in [-0.3, -0.25) is 0 Å². The Labute approximate surface area is 110 Å². The Kier molecular flexibility index (Phi) is 4.93. The molecule has 0 aliphatic rings. The third-order valence-corrected chi connectivity index (χ3v) is 2.73. The van der Waals surface area contributed by atoms with E-state index in [0.717, 1.165) is 11.1 Å². The second kappa shape index (κ2) is 6.02. The van der Waals surface area contributed by atoms with Gasteiger partial charge in [0.05, 0.1) is 0 Å². The molecule has 0 saturated heterocycles. The second-order valence-corrected chi connectivity index (χ2v) is 5.60. The average Bonchev–Trinajstić information content (AvgIpc) is 2.27. The highest BCUT2D eigenvalue weighted by Crippen LogP contribution is 2.21. The molecule has 1 atom stereocenters. The molecule has 0 bridgehead atoms. The van der Waals surface area contributed by atoms with Crippen LogP contribution in [0.15, 0.2) is 18.2 Å². The molecule has 0 saturated carbocycles. The number of hydrogen-bond acceptors (Lipinski definition) is 1. The smallest absolute Gasteiger partial charge is 0.123 e. The molecule has 1 nitrogen and oxygen atoms in total. The van der Waals surface area contributed by atoms with E-state index < -0.39 is 0 Å². The summed E-state index contributed by atoms with van der Waals surface area (Å²) in [5.41, 5.74) is 2.09. The van der Waals surface area contributed by atoms with Gasteiger partial charge in [0.2, 0.25) is 0 Å². The Bertz CT molecular complexity index is 460. The van der Waals surface area contributed by atoms with Gasteiger partial charge in [0.15, 0.2) is 0 Å². The molecule has 1 N–H and O–H groups in total. The number of halogens is 1. The Morgan fingerprint density at radius 2 is 2.00 bits per heavy atom. The first-order valence-corrected chi connectivity index (χ1v) is 6.27. The highest BCUT2D eigenvalue weighted by molar-refractivity contribution is 5.30. The molecular formula is C16H22FN. The first-order chi connectivity index (χ1) is 8.33. The third-order valence-electron chi connectivity index (χ3n) is 2.73. The van der Waals surface area contributed by atoms with E-state index in [1.807, 2.05) is 20.0 Å². The minimum atomic E-state index is -0.195. The first kappa shape index (κ1) is 14.7. The molecule has 98 valence electrons. The zero-order valence-corrected chi connectivity index (χ0v) is 11.9. The molecule has 0 aliphatic heterocycles. The molecule has 0 fully saturated rings. The highest BCUT2D eigenvalue weighted by Gasteiger charge is 2.12. The maximum absolute atomic E-state index is 13.3. The monoisotopic (exact) mass is 247 g/mol. The van der Waals surface area contributed by atoms with Crippen molar-refractivity contribution in [1.82, 2.24) is 5.32 Å². The second-order valence-electron chi connectivity index (χ2n) is 5.60. The minimum Gasteiger partial charge on any atom is -0.312 e. The van der Waals surface area contributed by atoms with Crippen LogP contribution < -0.4 is 5.32 Å². The summed E-state index contributed by atoms with van der Waals surface area (Å²) in [4.78, 5) is 0. The van der Waals surface area contributed by atoms with Crippen LogP contribution in [0.25, 0.3) is 0 Å². The van der Waals surface area contributed by atoms with Crippen LogP contribution in [0.5, 0.6) is 0 Å². The minimum absolute atomic E-state index is 0.00920. The number of hydrogen-bond donors (Lipinski definition) is 1. The van der Waals surface area contributed by atoms with Crippen LogP contribution in [0.1, 0.15) is 44.4 Å². The highest BCUT2D eigenvalue weighted by atomic mass is 19.1. The molecule has 0 heterocycles. The summed E-state index contributed by atoms with van der Waals surface area (Å²) in [6.45, 7) is 8.25. The van der Waals surface area contributed by atoms with Gasteiger partial charge < -0.3 is 5.32 Å². The molecule has 0 aromatic heterocycles. The number of rotatable bonds is 3. The summed E-state index contributed by atoms with van der Waals surface area (Å²) >= 11 is 0. The van der Waals surface area contributed by atoms with E-state index in [2.05, 4.69) is 37.9 Å². The van der Waals surface area contributed by atoms with Gasteiger partial charge in [0.1, 0.15) is 5.82 Å². The van der Waals surface area contributed by atoms with Gasteiger partial charge in [0, 0.05) is 17.9 Å². The third kappa shape index (κ3) is 4.50. The summed E-state index contributed by atoms with van der Waals surface area (Å²) in [6.07, 6.45) is 0.693. The molecule has 0 spiro atoms. The maximum Gasteiger partial charge on any atom is 0.123 e. The number of aryl methyl sites for hydroxylation is 1. The van der Waals surface area contributed by atoms with E-state index in [1.54, 1.807) is 6.07 Å². The summed E-state index contributed by atoms with van der Waals surface area (Å²) < 4.78 is 13.3. The SMILES string of the molecule is CNC(CC#CC(C)(C)C)c1cc(F)ccc1C. The summed E-state index contributed by atoms with van der Waals surface area (Å²) in [5, 5.41) is 3.20. The maximum atomic E-state index is 13.3. The molecule has 0 radical (unpaired) electrons. The molecule has 1 rings (SSSR count). The van der Waals surface area contributed by atoms with Crippen molar-refractivity contribution >= 4 is 0 Å². The Morgan fingerprint density at radius 3 is 2.56 bits per heavy atom. The van der Waals surface area contributed by atoms with E-state index in [-0.39, 0.29) is 17.3 Å². The summed E-state index contributed by atoms with van der Waals surface area (Å²) in [5.74, 6) is 6.20. The largest absolute Gasteiger partial charge is 0.312 e. The van der Waals surface area contributed by atoms with Crippen LogP contribution in [0, 0.1) is 30.0 Å². The van der Waals surface area contributed by atoms with Crippen molar-refractivity contribution < 1.29 is 4.39 Å². The molecule has 0 aliphatic carbocycles. The van der Waals surface area contributed by atoms with Gasteiger partial charge in [-0.15, -0.1) is 5.92 Å². The standard InChI is InChI=1S/C16H22FN/c1-12-8-9-13(17)11-14(12)15(18-5)7-6-10-16(2,3)4/h8-9,11,15,18H,7H2,1-5H3. The fraction of sp³-hybridized carbons (Fsp3) is 0.500. The fourth-order valence-corrected chi connectivity index (χ4v) is 1.77. The fourth-order valence-electron chi connectivity index (χ4n) is 1.77. The van der Waals surface area contributed by atoms with Crippen LogP contribution in [0.4, 0.5) is 4.39 Å². The van der Waals surface area contributed by atoms with Gasteiger partial charge in [-0.1, -0.05) is 12.0 Å². The van der Waals surface area contributed by atoms with Crippen molar-refractivity contribution in [3.8, 4) is 11.8 Å². The summed E-state index contributed by atoms with van der Waals surface area (Å²) in [7, 11) is 1.88. The zero-order valence-electron chi connectivity index (χ0n) is 11.9. The van der Waals surface area contributed by atoms with Crippen molar-refractivity contribution in [2.75, 3.05) is 7.05 Å². The topological polar surface area (TPSA) is 12.0 Å². The van der Waals surface area contributed by atoms with Crippen molar-refractivity contribution in [2.24, 2.45) is 5.41 Å². The van der Waals surface area contributed by atoms with Crippen LogP contribution >= 0.6 is 0 Å².